The minimum atomic E-state index is 0. The highest BCUT2D eigenvalue weighted by molar-refractivity contribution is 5.85. The summed E-state index contributed by atoms with van der Waals surface area (Å²) in [5, 5.41) is 12.4. The van der Waals surface area contributed by atoms with Gasteiger partial charge in [0.2, 0.25) is 6.79 Å². The van der Waals surface area contributed by atoms with Gasteiger partial charge in [-0.05, 0) is 17.7 Å². The van der Waals surface area contributed by atoms with Crippen LogP contribution < -0.4 is 14.8 Å². The molecule has 1 aromatic rings. The molecular formula is C14H19Cl2N3O2. The average Bonchev–Trinajstić information content (AvgIpc) is 2.93. The zero-order valence-electron chi connectivity index (χ0n) is 11.6. The van der Waals surface area contributed by atoms with Gasteiger partial charge in [-0.25, -0.2) is 0 Å². The highest BCUT2D eigenvalue weighted by Crippen LogP contribution is 2.36. The molecule has 1 N–H and O–H groups in total. The van der Waals surface area contributed by atoms with Crippen molar-refractivity contribution in [2.45, 2.75) is 12.5 Å². The van der Waals surface area contributed by atoms with Crippen molar-refractivity contribution >= 4 is 24.8 Å². The summed E-state index contributed by atoms with van der Waals surface area (Å²) in [5.74, 6) is 1.58. The van der Waals surface area contributed by atoms with Crippen LogP contribution in [-0.2, 0) is 0 Å². The number of benzene rings is 1. The number of piperazine rings is 1. The monoisotopic (exact) mass is 331 g/mol. The molecule has 0 radical (unpaired) electrons. The lowest BCUT2D eigenvalue weighted by Gasteiger charge is -2.34. The second-order valence-electron chi connectivity index (χ2n) is 4.78. The van der Waals surface area contributed by atoms with E-state index in [-0.39, 0.29) is 37.6 Å². The van der Waals surface area contributed by atoms with E-state index in [0.29, 0.717) is 6.42 Å². The van der Waals surface area contributed by atoms with Gasteiger partial charge in [-0.1, -0.05) is 6.07 Å². The fourth-order valence-corrected chi connectivity index (χ4v) is 2.66. The van der Waals surface area contributed by atoms with Crippen molar-refractivity contribution in [3.05, 3.63) is 23.8 Å². The van der Waals surface area contributed by atoms with Crippen LogP contribution in [0, 0.1) is 11.3 Å². The maximum absolute atomic E-state index is 9.07. The van der Waals surface area contributed by atoms with Gasteiger partial charge in [0, 0.05) is 32.2 Å². The molecule has 2 aliphatic heterocycles. The number of rotatable bonds is 3. The van der Waals surface area contributed by atoms with Crippen molar-refractivity contribution in [1.82, 2.24) is 10.2 Å². The van der Waals surface area contributed by atoms with Crippen molar-refractivity contribution < 1.29 is 9.47 Å². The molecule has 3 rings (SSSR count). The van der Waals surface area contributed by atoms with Gasteiger partial charge in [-0.2, -0.15) is 5.26 Å². The Bertz CT molecular complexity index is 501. The highest BCUT2D eigenvalue weighted by atomic mass is 35.5. The second-order valence-corrected chi connectivity index (χ2v) is 4.78. The molecule has 0 aromatic heterocycles. The summed E-state index contributed by atoms with van der Waals surface area (Å²) in [5.41, 5.74) is 1.13. The number of fused-ring (bicyclic) bond motifs is 1. The molecule has 7 heteroatoms. The lowest BCUT2D eigenvalue weighted by atomic mass is 10.0. The van der Waals surface area contributed by atoms with Crippen LogP contribution >= 0.6 is 24.8 Å². The summed E-state index contributed by atoms with van der Waals surface area (Å²) < 4.78 is 10.7. The van der Waals surface area contributed by atoms with Gasteiger partial charge < -0.3 is 14.8 Å². The molecule has 116 valence electrons. The number of ether oxygens (including phenoxy) is 2. The third-order valence-corrected chi connectivity index (χ3v) is 3.66. The molecule has 0 spiro atoms. The van der Waals surface area contributed by atoms with Crippen molar-refractivity contribution in [2.75, 3.05) is 33.0 Å². The molecule has 2 heterocycles. The summed E-state index contributed by atoms with van der Waals surface area (Å²) in [6.45, 7) is 4.19. The van der Waals surface area contributed by atoms with Gasteiger partial charge in [-0.15, -0.1) is 24.8 Å². The molecule has 21 heavy (non-hydrogen) atoms. The zero-order valence-corrected chi connectivity index (χ0v) is 13.2. The Balaban J connectivity index is 0.00000110. The lowest BCUT2D eigenvalue weighted by Crippen LogP contribution is -2.45. The Morgan fingerprint density at radius 3 is 2.62 bits per heavy atom. The first-order valence-electron chi connectivity index (χ1n) is 6.60. The van der Waals surface area contributed by atoms with Crippen LogP contribution in [0.15, 0.2) is 18.2 Å². The Labute approximate surface area is 137 Å². The minimum Gasteiger partial charge on any atom is -0.454 e. The predicted octanol–water partition coefficient (Wildman–Crippen LogP) is 2.12. The topological polar surface area (TPSA) is 57.5 Å². The Morgan fingerprint density at radius 2 is 1.90 bits per heavy atom. The summed E-state index contributed by atoms with van der Waals surface area (Å²) in [6, 6.07) is 8.42. The van der Waals surface area contributed by atoms with Crippen molar-refractivity contribution in [3.8, 4) is 17.6 Å². The normalized spacial score (nSPS) is 18.0. The Morgan fingerprint density at radius 1 is 1.19 bits per heavy atom. The van der Waals surface area contributed by atoms with E-state index in [2.05, 4.69) is 16.3 Å². The molecule has 1 fully saturated rings. The van der Waals surface area contributed by atoms with Crippen LogP contribution in [0.1, 0.15) is 18.0 Å². The maximum Gasteiger partial charge on any atom is 0.231 e. The van der Waals surface area contributed by atoms with Crippen LogP contribution in [0.4, 0.5) is 0 Å². The van der Waals surface area contributed by atoms with E-state index in [1.807, 2.05) is 18.2 Å². The van der Waals surface area contributed by atoms with Gasteiger partial charge >= 0.3 is 0 Å². The van der Waals surface area contributed by atoms with E-state index in [1.165, 1.54) is 0 Å². The van der Waals surface area contributed by atoms with Crippen LogP contribution in [0.2, 0.25) is 0 Å². The first-order chi connectivity index (χ1) is 9.38. The molecular weight excluding hydrogens is 313 g/mol. The quantitative estimate of drug-likeness (QED) is 0.919. The molecule has 2 aliphatic rings. The molecule has 0 bridgehead atoms. The van der Waals surface area contributed by atoms with Crippen LogP contribution in [-0.4, -0.2) is 37.9 Å². The average molecular weight is 332 g/mol. The van der Waals surface area contributed by atoms with Crippen molar-refractivity contribution in [1.29, 1.82) is 5.26 Å². The van der Waals surface area contributed by atoms with E-state index in [4.69, 9.17) is 14.7 Å². The maximum atomic E-state index is 9.07. The first kappa shape index (κ1) is 17.9. The largest absolute Gasteiger partial charge is 0.454 e. The summed E-state index contributed by atoms with van der Waals surface area (Å²) in [6.07, 6.45) is 0.500. The molecule has 1 atom stereocenters. The standard InChI is InChI=1S/C14H17N3O2.2ClH/c15-4-3-12(17-7-5-16-6-8-17)11-1-2-13-14(9-11)19-10-18-13;;/h1-2,9,12,16H,3,5-8,10H2;2*1H/t12-;;/m0../s1. The number of nitrogens with one attached hydrogen (secondary N) is 1. The molecule has 1 aromatic carbocycles. The van der Waals surface area contributed by atoms with E-state index in [9.17, 15) is 0 Å². The molecule has 0 saturated carbocycles. The Hall–Kier alpha value is -1.19. The van der Waals surface area contributed by atoms with Crippen molar-refractivity contribution in [2.24, 2.45) is 0 Å². The van der Waals surface area contributed by atoms with Crippen LogP contribution in [0.5, 0.6) is 11.5 Å². The third kappa shape index (κ3) is 3.92. The second kappa shape index (κ2) is 8.30. The Kier molecular flexibility index (Phi) is 7.06. The van der Waals surface area contributed by atoms with E-state index < -0.39 is 0 Å². The smallest absolute Gasteiger partial charge is 0.231 e. The first-order valence-corrected chi connectivity index (χ1v) is 6.60. The SMILES string of the molecule is Cl.Cl.N#CC[C@@H](c1ccc2c(c1)OCO2)N1CCNCC1. The lowest BCUT2D eigenvalue weighted by molar-refractivity contribution is 0.171. The van der Waals surface area contributed by atoms with Crippen LogP contribution in [0.3, 0.4) is 0 Å². The van der Waals surface area contributed by atoms with Gasteiger partial charge in [0.15, 0.2) is 11.5 Å². The summed E-state index contributed by atoms with van der Waals surface area (Å²) in [7, 11) is 0. The van der Waals surface area contributed by atoms with E-state index >= 15 is 0 Å². The molecule has 0 unspecified atom stereocenters. The minimum absolute atomic E-state index is 0. The number of hydrogen-bond donors (Lipinski definition) is 1. The highest BCUT2D eigenvalue weighted by Gasteiger charge is 2.24. The molecule has 5 nitrogen and oxygen atoms in total. The molecule has 0 aliphatic carbocycles. The summed E-state index contributed by atoms with van der Waals surface area (Å²) in [4.78, 5) is 2.36. The van der Waals surface area contributed by atoms with Crippen LogP contribution in [0.25, 0.3) is 0 Å². The van der Waals surface area contributed by atoms with Crippen molar-refractivity contribution in [3.63, 3.8) is 0 Å². The number of halogens is 2. The predicted molar refractivity (Wildman–Crippen MR) is 84.5 cm³/mol. The summed E-state index contributed by atoms with van der Waals surface area (Å²) >= 11 is 0. The fourth-order valence-electron chi connectivity index (χ4n) is 2.66. The van der Waals surface area contributed by atoms with E-state index in [1.54, 1.807) is 0 Å². The van der Waals surface area contributed by atoms with Gasteiger partial charge in [0.05, 0.1) is 12.5 Å². The number of hydrogen-bond acceptors (Lipinski definition) is 5. The molecule has 0 amide bonds. The zero-order chi connectivity index (χ0) is 13.1. The molecule has 1 saturated heterocycles. The van der Waals surface area contributed by atoms with Gasteiger partial charge in [0.25, 0.3) is 0 Å². The van der Waals surface area contributed by atoms with Gasteiger partial charge in [0.1, 0.15) is 0 Å². The van der Waals surface area contributed by atoms with E-state index in [0.717, 1.165) is 43.2 Å². The fraction of sp³-hybridized carbons (Fsp3) is 0.500. The van der Waals surface area contributed by atoms with Gasteiger partial charge in [-0.3, -0.25) is 4.90 Å². The number of nitriles is 1. The third-order valence-electron chi connectivity index (χ3n) is 3.66. The number of nitrogens with zero attached hydrogens (tertiary/aromatic N) is 2.